The molecule has 2 aliphatic carbocycles. The fourth-order valence-electron chi connectivity index (χ4n) is 3.60. The molecule has 1 heterocycles. The van der Waals surface area contributed by atoms with Crippen LogP contribution in [0.15, 0.2) is 41.3 Å². The number of imidazole rings is 1. The first-order valence-corrected chi connectivity index (χ1v) is 10.4. The Bertz CT molecular complexity index is 749. The standard InChI is InChI=1S/C19H22BrN3O.C2H6/c1-19(8-9-19)22-18(24)14-4-7-16(10-14)23-12-21-11-17(23)13-2-5-15(20)6-3-13;1-2/h2-3,5-6,11-12,14,16H,4,7-10H2,1H3,(H,22,24);1-2H3. The molecule has 2 aromatic rings. The van der Waals surface area contributed by atoms with Crippen LogP contribution in [0.4, 0.5) is 0 Å². The monoisotopic (exact) mass is 417 g/mol. The SMILES string of the molecule is CC.CC1(NC(=O)C2CCC(n3cncc3-c3ccc(Br)cc3)C2)CC1. The lowest BCUT2D eigenvalue weighted by molar-refractivity contribution is -0.125. The zero-order chi connectivity index (χ0) is 18.7. The van der Waals surface area contributed by atoms with Gasteiger partial charge in [-0.25, -0.2) is 4.98 Å². The van der Waals surface area contributed by atoms with E-state index in [4.69, 9.17) is 0 Å². The Hall–Kier alpha value is -1.62. The van der Waals surface area contributed by atoms with E-state index in [9.17, 15) is 4.79 Å². The lowest BCUT2D eigenvalue weighted by Gasteiger charge is -2.18. The molecule has 26 heavy (non-hydrogen) atoms. The number of aromatic nitrogens is 2. The summed E-state index contributed by atoms with van der Waals surface area (Å²) >= 11 is 3.48. The topological polar surface area (TPSA) is 46.9 Å². The van der Waals surface area contributed by atoms with Crippen molar-refractivity contribution in [3.05, 3.63) is 41.3 Å². The van der Waals surface area contributed by atoms with Gasteiger partial charge in [-0.05, 0) is 56.7 Å². The van der Waals surface area contributed by atoms with Gasteiger partial charge in [-0.3, -0.25) is 4.79 Å². The molecule has 2 fully saturated rings. The Kier molecular flexibility index (Phi) is 5.86. The first-order chi connectivity index (χ1) is 12.5. The van der Waals surface area contributed by atoms with Crippen LogP contribution >= 0.6 is 15.9 Å². The molecule has 0 aliphatic heterocycles. The molecular formula is C21H28BrN3O. The van der Waals surface area contributed by atoms with Gasteiger partial charge < -0.3 is 9.88 Å². The summed E-state index contributed by atoms with van der Waals surface area (Å²) in [6.45, 7) is 6.14. The highest BCUT2D eigenvalue weighted by atomic mass is 79.9. The fraction of sp³-hybridized carbons (Fsp3) is 0.524. The smallest absolute Gasteiger partial charge is 0.223 e. The number of carbonyl (C=O) groups is 1. The van der Waals surface area contributed by atoms with Crippen LogP contribution in [0.5, 0.6) is 0 Å². The summed E-state index contributed by atoms with van der Waals surface area (Å²) in [6.07, 6.45) is 8.96. The minimum Gasteiger partial charge on any atom is -0.351 e. The van der Waals surface area contributed by atoms with Gasteiger partial charge in [-0.1, -0.05) is 41.9 Å². The highest BCUT2D eigenvalue weighted by Crippen LogP contribution is 2.39. The second kappa shape index (κ2) is 7.95. The molecule has 0 spiro atoms. The molecule has 0 radical (unpaired) electrons. The van der Waals surface area contributed by atoms with Crippen molar-refractivity contribution in [2.75, 3.05) is 0 Å². The summed E-state index contributed by atoms with van der Waals surface area (Å²) in [6, 6.07) is 8.66. The minimum atomic E-state index is 0.0762. The molecular weight excluding hydrogens is 390 g/mol. The Labute approximate surface area is 164 Å². The zero-order valence-electron chi connectivity index (χ0n) is 15.8. The first kappa shape index (κ1) is 19.2. The van der Waals surface area contributed by atoms with Crippen molar-refractivity contribution in [3.63, 3.8) is 0 Å². The average Bonchev–Trinajstić information content (AvgIpc) is 3.09. The van der Waals surface area contributed by atoms with Crippen LogP contribution in [0, 0.1) is 5.92 Å². The van der Waals surface area contributed by atoms with Gasteiger partial charge in [0, 0.05) is 22.0 Å². The predicted octanol–water partition coefficient (Wildman–Crippen LogP) is 5.35. The van der Waals surface area contributed by atoms with Gasteiger partial charge >= 0.3 is 0 Å². The number of amides is 1. The van der Waals surface area contributed by atoms with Crippen LogP contribution < -0.4 is 5.32 Å². The van der Waals surface area contributed by atoms with Crippen LogP contribution in [0.2, 0.25) is 0 Å². The average molecular weight is 418 g/mol. The summed E-state index contributed by atoms with van der Waals surface area (Å²) in [5.74, 6) is 0.371. The fourth-order valence-corrected chi connectivity index (χ4v) is 3.86. The normalized spacial score (nSPS) is 23.1. The molecule has 0 saturated heterocycles. The lowest BCUT2D eigenvalue weighted by atomic mass is 10.1. The van der Waals surface area contributed by atoms with E-state index < -0.39 is 0 Å². The third-order valence-electron chi connectivity index (χ3n) is 5.40. The molecule has 2 unspecified atom stereocenters. The van der Waals surface area contributed by atoms with Crippen molar-refractivity contribution in [2.45, 2.75) is 64.5 Å². The van der Waals surface area contributed by atoms with Crippen molar-refractivity contribution in [1.29, 1.82) is 0 Å². The van der Waals surface area contributed by atoms with Gasteiger partial charge in [-0.15, -0.1) is 0 Å². The van der Waals surface area contributed by atoms with E-state index in [2.05, 4.69) is 49.9 Å². The van der Waals surface area contributed by atoms with E-state index in [0.29, 0.717) is 6.04 Å². The quantitative estimate of drug-likeness (QED) is 0.728. The Morgan fingerprint density at radius 1 is 1.23 bits per heavy atom. The highest BCUT2D eigenvalue weighted by molar-refractivity contribution is 9.10. The molecule has 2 atom stereocenters. The Morgan fingerprint density at radius 2 is 1.92 bits per heavy atom. The van der Waals surface area contributed by atoms with Gasteiger partial charge in [0.25, 0.3) is 0 Å². The molecule has 0 bridgehead atoms. The number of halogens is 1. The van der Waals surface area contributed by atoms with E-state index in [1.807, 2.05) is 38.5 Å². The van der Waals surface area contributed by atoms with Crippen molar-refractivity contribution in [2.24, 2.45) is 5.92 Å². The molecule has 5 heteroatoms. The minimum absolute atomic E-state index is 0.0762. The van der Waals surface area contributed by atoms with Crippen molar-refractivity contribution >= 4 is 21.8 Å². The number of nitrogens with one attached hydrogen (secondary N) is 1. The van der Waals surface area contributed by atoms with E-state index in [1.165, 1.54) is 0 Å². The van der Waals surface area contributed by atoms with Crippen LogP contribution in [0.3, 0.4) is 0 Å². The van der Waals surface area contributed by atoms with Crippen LogP contribution in [-0.4, -0.2) is 21.0 Å². The summed E-state index contributed by atoms with van der Waals surface area (Å²) in [5, 5.41) is 3.22. The maximum Gasteiger partial charge on any atom is 0.223 e. The Morgan fingerprint density at radius 3 is 2.58 bits per heavy atom. The first-order valence-electron chi connectivity index (χ1n) is 9.64. The second-order valence-corrected chi connectivity index (χ2v) is 8.32. The zero-order valence-corrected chi connectivity index (χ0v) is 17.4. The molecule has 2 saturated carbocycles. The summed E-state index contributed by atoms with van der Waals surface area (Å²) in [4.78, 5) is 16.8. The van der Waals surface area contributed by atoms with Gasteiger partial charge in [-0.2, -0.15) is 0 Å². The van der Waals surface area contributed by atoms with Crippen LogP contribution in [0.1, 0.15) is 58.9 Å². The number of carbonyl (C=O) groups excluding carboxylic acids is 1. The largest absolute Gasteiger partial charge is 0.351 e. The van der Waals surface area contributed by atoms with Crippen LogP contribution in [0.25, 0.3) is 11.3 Å². The van der Waals surface area contributed by atoms with Gasteiger partial charge in [0.15, 0.2) is 0 Å². The number of benzene rings is 1. The molecule has 140 valence electrons. The molecule has 2 aliphatic rings. The summed E-state index contributed by atoms with van der Waals surface area (Å²) < 4.78 is 3.32. The summed E-state index contributed by atoms with van der Waals surface area (Å²) in [5.41, 5.74) is 2.36. The number of nitrogens with zero attached hydrogens (tertiary/aromatic N) is 2. The molecule has 4 nitrogen and oxygen atoms in total. The van der Waals surface area contributed by atoms with Crippen LogP contribution in [-0.2, 0) is 4.79 Å². The third-order valence-corrected chi connectivity index (χ3v) is 5.93. The highest BCUT2D eigenvalue weighted by Gasteiger charge is 2.41. The number of hydrogen-bond acceptors (Lipinski definition) is 2. The van der Waals surface area contributed by atoms with Gasteiger partial charge in [0.05, 0.1) is 18.2 Å². The van der Waals surface area contributed by atoms with Gasteiger partial charge in [0.1, 0.15) is 0 Å². The summed E-state index contributed by atoms with van der Waals surface area (Å²) in [7, 11) is 0. The van der Waals surface area contributed by atoms with E-state index >= 15 is 0 Å². The molecule has 1 aromatic carbocycles. The van der Waals surface area contributed by atoms with Gasteiger partial charge in [0.2, 0.25) is 5.91 Å². The molecule has 1 amide bonds. The maximum absolute atomic E-state index is 12.5. The van der Waals surface area contributed by atoms with Crippen molar-refractivity contribution in [1.82, 2.24) is 14.9 Å². The maximum atomic E-state index is 12.5. The predicted molar refractivity (Wildman–Crippen MR) is 109 cm³/mol. The molecule has 1 N–H and O–H groups in total. The second-order valence-electron chi connectivity index (χ2n) is 7.41. The van der Waals surface area contributed by atoms with Crippen molar-refractivity contribution in [3.8, 4) is 11.3 Å². The van der Waals surface area contributed by atoms with E-state index in [1.54, 1.807) is 0 Å². The third kappa shape index (κ3) is 4.20. The van der Waals surface area contributed by atoms with Crippen molar-refractivity contribution < 1.29 is 4.79 Å². The molecule has 1 aromatic heterocycles. The van der Waals surface area contributed by atoms with E-state index in [-0.39, 0.29) is 17.4 Å². The lowest BCUT2D eigenvalue weighted by Crippen LogP contribution is -2.38. The molecule has 4 rings (SSSR count). The number of hydrogen-bond donors (Lipinski definition) is 1. The number of rotatable bonds is 4. The Balaban J connectivity index is 0.000000948. The van der Waals surface area contributed by atoms with E-state index in [0.717, 1.165) is 47.8 Å².